The summed E-state index contributed by atoms with van der Waals surface area (Å²) in [7, 11) is 0. The minimum atomic E-state index is 0. The Hall–Kier alpha value is -3.04. The van der Waals surface area contributed by atoms with Crippen LogP contribution < -0.4 is 0 Å². The molecule has 0 saturated carbocycles. The molecule has 3 nitrogen and oxygen atoms in total. The van der Waals surface area contributed by atoms with Crippen LogP contribution in [0.5, 0.6) is 11.5 Å². The van der Waals surface area contributed by atoms with E-state index in [4.69, 9.17) is 5.11 Å². The van der Waals surface area contributed by atoms with Gasteiger partial charge in [-0.2, -0.15) is 12.1 Å². The fraction of sp³-hybridized carbons (Fsp3) is 0.172. The Morgan fingerprint density at radius 1 is 0.667 bits per heavy atom. The number of aliphatic hydroxyl groups excluding tert-OH is 1. The van der Waals surface area contributed by atoms with Crippen molar-refractivity contribution in [2.45, 2.75) is 25.7 Å². The molecule has 0 aliphatic heterocycles. The average Bonchev–Trinajstić information content (AvgIpc) is 3.55. The first-order valence-corrected chi connectivity index (χ1v) is 11.0. The van der Waals surface area contributed by atoms with Crippen molar-refractivity contribution in [1.29, 1.82) is 0 Å². The molecule has 0 unspecified atom stereocenters. The Balaban J connectivity index is 0.000000568. The third kappa shape index (κ3) is 8.11. The molecule has 4 aromatic rings. The quantitative estimate of drug-likeness (QED) is 0.148. The second-order valence-electron chi connectivity index (χ2n) is 7.62. The molecule has 0 heterocycles. The number of hydrogen-bond acceptors (Lipinski definition) is 3. The van der Waals surface area contributed by atoms with Crippen molar-refractivity contribution in [3.8, 4) is 11.5 Å². The maximum atomic E-state index is 9.70. The fourth-order valence-corrected chi connectivity index (χ4v) is 3.67. The van der Waals surface area contributed by atoms with Crippen LogP contribution in [-0.4, -0.2) is 21.9 Å². The van der Waals surface area contributed by atoms with Crippen LogP contribution in [0.4, 0.5) is 0 Å². The maximum Gasteiger partial charge on any atom is 0.115 e. The van der Waals surface area contributed by atoms with E-state index < -0.39 is 0 Å². The van der Waals surface area contributed by atoms with Gasteiger partial charge >= 0.3 is 0 Å². The van der Waals surface area contributed by atoms with E-state index in [1.807, 2.05) is 66.7 Å². The number of benzene rings is 2. The van der Waals surface area contributed by atoms with Gasteiger partial charge in [0.1, 0.15) is 11.5 Å². The van der Waals surface area contributed by atoms with Gasteiger partial charge in [0.15, 0.2) is 0 Å². The van der Waals surface area contributed by atoms with Crippen molar-refractivity contribution in [3.63, 3.8) is 0 Å². The minimum absolute atomic E-state index is 0. The van der Waals surface area contributed by atoms with Crippen LogP contribution in [-0.2, 0) is 17.1 Å². The zero-order valence-electron chi connectivity index (χ0n) is 18.5. The van der Waals surface area contributed by atoms with Crippen molar-refractivity contribution in [2.75, 3.05) is 6.61 Å². The number of aromatic hydroxyl groups is 2. The predicted molar refractivity (Wildman–Crippen MR) is 132 cm³/mol. The SMILES string of the molecule is OCCCCCC(=C(c1ccc(O)cc1)c1ccc(O)cc1)[c-]1cccc1.[Fe].[cH-]1[cH-][cH-][cH-][cH-]1. The second-order valence-corrected chi connectivity index (χ2v) is 7.62. The number of hydrogen-bond donors (Lipinski definition) is 3. The fourth-order valence-electron chi connectivity index (χ4n) is 3.67. The Morgan fingerprint density at radius 3 is 1.55 bits per heavy atom. The number of aliphatic hydroxyl groups is 1. The van der Waals surface area contributed by atoms with Crippen LogP contribution in [0.3, 0.4) is 0 Å². The molecule has 0 saturated heterocycles. The van der Waals surface area contributed by atoms with Crippen molar-refractivity contribution >= 4 is 11.1 Å². The largest absolute Gasteiger partial charge is 0.748 e. The first-order valence-electron chi connectivity index (χ1n) is 11.0. The molecule has 4 heteroatoms. The van der Waals surface area contributed by atoms with Gasteiger partial charge in [-0.15, -0.1) is 23.3 Å². The van der Waals surface area contributed by atoms with E-state index in [1.165, 1.54) is 11.1 Å². The number of phenolic OH excluding ortho intramolecular Hbond substituents is 2. The molecule has 4 rings (SSSR count). The standard InChI is InChI=1S/C24H25O3.C5H5.Fe/c25-17-5-1-2-8-23(18-6-3-4-7-18)24(19-9-13-21(26)14-10-19)20-11-15-22(27)16-12-20;1-2-4-5-3-1;/h3-4,6-7,9-16,25-27H,1-2,5,8,17H2;1-5H;/q-1;-5;. The summed E-state index contributed by atoms with van der Waals surface area (Å²) in [6.45, 7) is 0.220. The Labute approximate surface area is 206 Å². The molecule has 0 amide bonds. The van der Waals surface area contributed by atoms with Crippen LogP contribution in [0, 0.1) is 0 Å². The van der Waals surface area contributed by atoms with Gasteiger partial charge < -0.3 is 45.7 Å². The van der Waals surface area contributed by atoms with E-state index in [0.717, 1.165) is 42.4 Å². The van der Waals surface area contributed by atoms with Crippen LogP contribution in [0.25, 0.3) is 11.1 Å². The molecule has 33 heavy (non-hydrogen) atoms. The summed E-state index contributed by atoms with van der Waals surface area (Å²) < 4.78 is 0. The number of allylic oxidation sites excluding steroid dienone is 1. The first kappa shape index (κ1) is 26.2. The van der Waals surface area contributed by atoms with Crippen molar-refractivity contribution in [3.05, 3.63) is 120 Å². The van der Waals surface area contributed by atoms with Gasteiger partial charge in [-0.05, 0) is 37.1 Å². The maximum absolute atomic E-state index is 9.70. The van der Waals surface area contributed by atoms with Gasteiger partial charge in [0, 0.05) is 23.7 Å². The molecular formula is C29H30FeO3-6. The van der Waals surface area contributed by atoms with Gasteiger partial charge in [-0.25, -0.2) is 0 Å². The molecule has 4 aromatic carbocycles. The van der Waals surface area contributed by atoms with Gasteiger partial charge in [0.05, 0.1) is 0 Å². The molecular weight excluding hydrogens is 452 g/mol. The third-order valence-corrected chi connectivity index (χ3v) is 5.27. The molecule has 0 fully saturated rings. The molecule has 0 bridgehead atoms. The summed E-state index contributed by atoms with van der Waals surface area (Å²) in [6, 6.07) is 32.8. The topological polar surface area (TPSA) is 60.7 Å². The summed E-state index contributed by atoms with van der Waals surface area (Å²) in [5.41, 5.74) is 5.56. The Bertz CT molecular complexity index is 981. The third-order valence-electron chi connectivity index (χ3n) is 5.27. The summed E-state index contributed by atoms with van der Waals surface area (Å²) in [5.74, 6) is 0.475. The summed E-state index contributed by atoms with van der Waals surface area (Å²) in [5, 5.41) is 28.5. The molecule has 0 aliphatic rings. The Kier molecular flexibility index (Phi) is 11.3. The monoisotopic (exact) mass is 482 g/mol. The molecule has 3 N–H and O–H groups in total. The molecule has 178 valence electrons. The van der Waals surface area contributed by atoms with E-state index in [-0.39, 0.29) is 35.2 Å². The number of unbranched alkanes of at least 4 members (excludes halogenated alkanes) is 2. The van der Waals surface area contributed by atoms with Gasteiger partial charge in [0.2, 0.25) is 0 Å². The van der Waals surface area contributed by atoms with Gasteiger partial charge in [-0.1, -0.05) is 53.8 Å². The normalized spacial score (nSPS) is 9.97. The van der Waals surface area contributed by atoms with Crippen LogP contribution >= 0.6 is 0 Å². The van der Waals surface area contributed by atoms with Crippen molar-refractivity contribution < 1.29 is 32.4 Å². The predicted octanol–water partition coefficient (Wildman–Crippen LogP) is 6.73. The van der Waals surface area contributed by atoms with Gasteiger partial charge in [-0.3, -0.25) is 0 Å². The zero-order chi connectivity index (χ0) is 22.6. The van der Waals surface area contributed by atoms with E-state index >= 15 is 0 Å². The van der Waals surface area contributed by atoms with Crippen molar-refractivity contribution in [1.82, 2.24) is 0 Å². The minimum Gasteiger partial charge on any atom is -0.748 e. The number of rotatable bonds is 8. The smallest absolute Gasteiger partial charge is 0.115 e. The summed E-state index contributed by atoms with van der Waals surface area (Å²) in [4.78, 5) is 0. The van der Waals surface area contributed by atoms with Crippen LogP contribution in [0.2, 0.25) is 0 Å². The van der Waals surface area contributed by atoms with E-state index in [0.29, 0.717) is 0 Å². The van der Waals surface area contributed by atoms with E-state index in [1.54, 1.807) is 24.3 Å². The van der Waals surface area contributed by atoms with Crippen LogP contribution in [0.1, 0.15) is 42.4 Å². The molecule has 0 spiro atoms. The first-order chi connectivity index (χ1) is 15.7. The summed E-state index contributed by atoms with van der Waals surface area (Å²) in [6.07, 6.45) is 3.66. The van der Waals surface area contributed by atoms with Crippen molar-refractivity contribution in [2.24, 2.45) is 0 Å². The molecule has 0 atom stereocenters. The van der Waals surface area contributed by atoms with Crippen LogP contribution in [0.15, 0.2) is 103 Å². The average molecular weight is 482 g/mol. The van der Waals surface area contributed by atoms with E-state index in [2.05, 4.69) is 12.1 Å². The second kappa shape index (κ2) is 14.2. The summed E-state index contributed by atoms with van der Waals surface area (Å²) >= 11 is 0. The van der Waals surface area contributed by atoms with Gasteiger partial charge in [0.25, 0.3) is 0 Å². The molecule has 0 aromatic heterocycles. The zero-order valence-corrected chi connectivity index (χ0v) is 19.6. The van der Waals surface area contributed by atoms with E-state index in [9.17, 15) is 10.2 Å². The number of phenols is 2. The molecule has 0 radical (unpaired) electrons. The molecule has 0 aliphatic carbocycles. The Morgan fingerprint density at radius 2 is 1.12 bits per heavy atom.